The lowest BCUT2D eigenvalue weighted by Crippen LogP contribution is -2.39. The Kier molecular flexibility index (Phi) is 4.44. The molecular formula is C23H22N4O4S. The number of benzene rings is 2. The smallest absolute Gasteiger partial charge is 0.235 e. The Morgan fingerprint density at radius 2 is 1.81 bits per heavy atom. The zero-order valence-corrected chi connectivity index (χ0v) is 18.0. The molecule has 0 bridgehead atoms. The van der Waals surface area contributed by atoms with Crippen molar-refractivity contribution in [2.45, 2.75) is 18.6 Å². The normalized spacial score (nSPS) is 28.3. The molecule has 6 rings (SSSR count). The van der Waals surface area contributed by atoms with Crippen molar-refractivity contribution < 1.29 is 19.1 Å². The highest BCUT2D eigenvalue weighted by Gasteiger charge is 2.63. The van der Waals surface area contributed by atoms with Gasteiger partial charge in [0.05, 0.1) is 18.4 Å². The van der Waals surface area contributed by atoms with Crippen molar-refractivity contribution in [1.82, 2.24) is 9.80 Å². The van der Waals surface area contributed by atoms with Crippen LogP contribution in [0.15, 0.2) is 42.5 Å². The number of amides is 2. The van der Waals surface area contributed by atoms with Crippen molar-refractivity contribution in [1.29, 1.82) is 5.41 Å². The van der Waals surface area contributed by atoms with E-state index >= 15 is 0 Å². The van der Waals surface area contributed by atoms with Crippen LogP contribution in [0.1, 0.15) is 22.7 Å². The number of hydrogen-bond donors (Lipinski definition) is 2. The third kappa shape index (κ3) is 2.84. The van der Waals surface area contributed by atoms with Gasteiger partial charge in [-0.1, -0.05) is 30.3 Å². The van der Waals surface area contributed by atoms with Crippen molar-refractivity contribution in [3.63, 3.8) is 0 Å². The molecule has 4 aliphatic heterocycles. The SMILES string of the molecule is N=C(N)c1ccc([C@@H]2[C@@H]3C(=O)N(Cc4ccc5c(c4)OCO5)C(=O)[C@@H]3[C@H]3CSCN32)cc1. The molecule has 2 aromatic carbocycles. The fourth-order valence-corrected chi connectivity index (χ4v) is 6.73. The van der Waals surface area contributed by atoms with Crippen LogP contribution in [0.4, 0.5) is 0 Å². The Balaban J connectivity index is 1.32. The lowest BCUT2D eigenvalue weighted by molar-refractivity contribution is -0.142. The molecule has 0 aromatic heterocycles. The number of nitrogens with two attached hydrogens (primary N) is 1. The van der Waals surface area contributed by atoms with E-state index in [1.54, 1.807) is 11.8 Å². The average molecular weight is 451 g/mol. The van der Waals surface area contributed by atoms with Crippen molar-refractivity contribution in [3.8, 4) is 11.5 Å². The molecule has 3 fully saturated rings. The van der Waals surface area contributed by atoms with Gasteiger partial charge in [-0.3, -0.25) is 24.8 Å². The van der Waals surface area contributed by atoms with Gasteiger partial charge in [-0.2, -0.15) is 0 Å². The third-order valence-corrected chi connectivity index (χ3v) is 7.96. The molecule has 9 heteroatoms. The van der Waals surface area contributed by atoms with Gasteiger partial charge in [-0.25, -0.2) is 0 Å². The summed E-state index contributed by atoms with van der Waals surface area (Å²) in [5.74, 6) is 2.06. The molecule has 3 N–H and O–H groups in total. The van der Waals surface area contributed by atoms with E-state index in [-0.39, 0.29) is 49.0 Å². The zero-order valence-electron chi connectivity index (χ0n) is 17.2. The van der Waals surface area contributed by atoms with Crippen LogP contribution in [0, 0.1) is 17.2 Å². The topological polar surface area (TPSA) is 109 Å². The second-order valence-corrected chi connectivity index (χ2v) is 9.56. The minimum atomic E-state index is -0.398. The lowest BCUT2D eigenvalue weighted by Gasteiger charge is -2.28. The van der Waals surface area contributed by atoms with E-state index in [2.05, 4.69) is 4.90 Å². The summed E-state index contributed by atoms with van der Waals surface area (Å²) in [6.07, 6.45) is 0. The molecule has 164 valence electrons. The molecule has 0 unspecified atom stereocenters. The van der Waals surface area contributed by atoms with Gasteiger partial charge >= 0.3 is 0 Å². The number of imide groups is 1. The minimum absolute atomic E-state index is 0.0116. The van der Waals surface area contributed by atoms with E-state index in [9.17, 15) is 9.59 Å². The Morgan fingerprint density at radius 3 is 2.59 bits per heavy atom. The summed E-state index contributed by atoms with van der Waals surface area (Å²) >= 11 is 1.80. The second-order valence-electron chi connectivity index (χ2n) is 8.56. The third-order valence-electron chi connectivity index (χ3n) is 6.90. The maximum Gasteiger partial charge on any atom is 0.235 e. The van der Waals surface area contributed by atoms with Crippen LogP contribution in [0.25, 0.3) is 0 Å². The molecular weight excluding hydrogens is 428 g/mol. The molecule has 8 nitrogen and oxygen atoms in total. The number of fused-ring (bicyclic) bond motifs is 4. The maximum atomic E-state index is 13.6. The van der Waals surface area contributed by atoms with E-state index in [1.165, 1.54) is 4.90 Å². The van der Waals surface area contributed by atoms with Crippen molar-refractivity contribution in [3.05, 3.63) is 59.2 Å². The second kappa shape index (κ2) is 7.25. The van der Waals surface area contributed by atoms with Crippen LogP contribution in [0.2, 0.25) is 0 Å². The first-order valence-corrected chi connectivity index (χ1v) is 11.7. The largest absolute Gasteiger partial charge is 0.454 e. The number of nitrogens with zero attached hydrogens (tertiary/aromatic N) is 2. The van der Waals surface area contributed by atoms with Gasteiger partial charge in [0, 0.05) is 29.3 Å². The van der Waals surface area contributed by atoms with Crippen LogP contribution in [0.3, 0.4) is 0 Å². The molecule has 0 radical (unpaired) electrons. The van der Waals surface area contributed by atoms with E-state index in [0.29, 0.717) is 17.1 Å². The van der Waals surface area contributed by atoms with Crippen LogP contribution in [0.5, 0.6) is 11.5 Å². The molecule has 3 saturated heterocycles. The van der Waals surface area contributed by atoms with Gasteiger partial charge in [-0.05, 0) is 23.3 Å². The molecule has 0 saturated carbocycles. The van der Waals surface area contributed by atoms with E-state index in [0.717, 1.165) is 22.8 Å². The maximum absolute atomic E-state index is 13.6. The standard InChI is InChI=1S/C23H22N4O4S/c24-21(25)14-4-2-13(3-5-14)20-19-18(15-9-32-10-27(15)20)22(28)26(23(19)29)8-12-1-6-16-17(7-12)31-11-30-16/h1-7,15,18-20H,8-11H2,(H3,24,25)/t15-,18-,19-,20-/m1/s1. The summed E-state index contributed by atoms with van der Waals surface area (Å²) in [5, 5.41) is 7.63. The van der Waals surface area contributed by atoms with Gasteiger partial charge in [0.15, 0.2) is 11.5 Å². The number of carbonyl (C=O) groups excluding carboxylic acids is 2. The van der Waals surface area contributed by atoms with Gasteiger partial charge in [0.1, 0.15) is 5.84 Å². The predicted octanol–water partition coefficient (Wildman–Crippen LogP) is 1.93. The first kappa shape index (κ1) is 19.6. The molecule has 0 aliphatic carbocycles. The van der Waals surface area contributed by atoms with E-state index in [4.69, 9.17) is 20.6 Å². The Morgan fingerprint density at radius 1 is 1.06 bits per heavy atom. The molecule has 32 heavy (non-hydrogen) atoms. The van der Waals surface area contributed by atoms with Crippen LogP contribution < -0.4 is 15.2 Å². The fourth-order valence-electron chi connectivity index (χ4n) is 5.42. The van der Waals surface area contributed by atoms with Crippen LogP contribution >= 0.6 is 11.8 Å². The van der Waals surface area contributed by atoms with Crippen LogP contribution in [-0.2, 0) is 16.1 Å². The summed E-state index contributed by atoms with van der Waals surface area (Å²) in [7, 11) is 0. The lowest BCUT2D eigenvalue weighted by atomic mass is 9.86. The number of thioether (sulfide) groups is 1. The Bertz CT molecular complexity index is 1140. The number of nitrogen functional groups attached to an aromatic ring is 1. The number of likely N-dealkylation sites (tertiary alicyclic amines) is 1. The zero-order chi connectivity index (χ0) is 22.0. The van der Waals surface area contributed by atoms with Gasteiger partial charge in [0.2, 0.25) is 18.6 Å². The fraction of sp³-hybridized carbons (Fsp3) is 0.348. The molecule has 4 atom stereocenters. The summed E-state index contributed by atoms with van der Waals surface area (Å²) in [5.41, 5.74) is 8.08. The predicted molar refractivity (Wildman–Crippen MR) is 118 cm³/mol. The Hall–Kier alpha value is -3.04. The summed E-state index contributed by atoms with van der Waals surface area (Å²) in [6, 6.07) is 12.9. The summed E-state index contributed by atoms with van der Waals surface area (Å²) in [6.45, 7) is 0.418. The minimum Gasteiger partial charge on any atom is -0.454 e. The molecule has 2 aromatic rings. The van der Waals surface area contributed by atoms with Gasteiger partial charge in [-0.15, -0.1) is 11.8 Å². The first-order valence-electron chi connectivity index (χ1n) is 10.5. The highest BCUT2D eigenvalue weighted by atomic mass is 32.2. The monoisotopic (exact) mass is 450 g/mol. The number of ether oxygens (including phenoxy) is 2. The highest BCUT2D eigenvalue weighted by Crippen LogP contribution is 2.53. The van der Waals surface area contributed by atoms with E-state index < -0.39 is 5.92 Å². The first-order chi connectivity index (χ1) is 15.5. The van der Waals surface area contributed by atoms with E-state index in [1.807, 2.05) is 42.5 Å². The summed E-state index contributed by atoms with van der Waals surface area (Å²) in [4.78, 5) is 30.8. The molecule has 4 heterocycles. The summed E-state index contributed by atoms with van der Waals surface area (Å²) < 4.78 is 10.8. The van der Waals surface area contributed by atoms with Gasteiger partial charge in [0.25, 0.3) is 0 Å². The molecule has 0 spiro atoms. The number of rotatable bonds is 4. The van der Waals surface area contributed by atoms with Crippen molar-refractivity contribution in [2.75, 3.05) is 18.4 Å². The number of carbonyl (C=O) groups is 2. The highest BCUT2D eigenvalue weighted by molar-refractivity contribution is 7.99. The van der Waals surface area contributed by atoms with Crippen LogP contribution in [-0.4, -0.2) is 51.9 Å². The van der Waals surface area contributed by atoms with Crippen molar-refractivity contribution in [2.24, 2.45) is 17.6 Å². The molecule has 4 aliphatic rings. The number of hydrogen-bond acceptors (Lipinski definition) is 7. The number of amidine groups is 1. The Labute approximate surface area is 189 Å². The van der Waals surface area contributed by atoms with Gasteiger partial charge < -0.3 is 15.2 Å². The quantitative estimate of drug-likeness (QED) is 0.416. The average Bonchev–Trinajstić information content (AvgIpc) is 3.54. The van der Waals surface area contributed by atoms with Crippen molar-refractivity contribution >= 4 is 29.4 Å². The number of nitrogens with one attached hydrogen (secondary N) is 1. The molecule has 2 amide bonds.